The van der Waals surface area contributed by atoms with Gasteiger partial charge in [0.1, 0.15) is 17.7 Å². The standard InChI is InChI=1S/C28H39N5O6/c1-17(2)10-20-24(35)29-14-28(15-38-16-28)30-12-23(34)31-21(25(36)32-20)11-18-13-33(26(37)39-27(3,4)5)22-9-7-6-8-19(18)22/h6-9,13,17,20-21,30H,10-12,14-16H2,1-5H3,(H,29,35)(H,31,34)(H,32,36)/t20-,21-/m0/s1. The largest absolute Gasteiger partial charge is 0.443 e. The van der Waals surface area contributed by atoms with E-state index < -0.39 is 35.2 Å². The Kier molecular flexibility index (Phi) is 8.31. The number of fused-ring (bicyclic) bond motifs is 1. The minimum atomic E-state index is -0.979. The van der Waals surface area contributed by atoms with E-state index in [1.165, 1.54) is 4.57 Å². The van der Waals surface area contributed by atoms with E-state index in [-0.39, 0.29) is 37.2 Å². The van der Waals surface area contributed by atoms with E-state index in [0.717, 1.165) is 5.39 Å². The van der Waals surface area contributed by atoms with Crippen LogP contribution in [0.25, 0.3) is 10.9 Å². The quantitative estimate of drug-likeness (QED) is 0.460. The molecular weight excluding hydrogens is 502 g/mol. The van der Waals surface area contributed by atoms with Crippen LogP contribution >= 0.6 is 0 Å². The summed E-state index contributed by atoms with van der Waals surface area (Å²) in [6.45, 7) is 10.3. The first-order valence-corrected chi connectivity index (χ1v) is 13.4. The van der Waals surface area contributed by atoms with Gasteiger partial charge in [0, 0.05) is 24.5 Å². The van der Waals surface area contributed by atoms with Crippen LogP contribution in [0.3, 0.4) is 0 Å². The molecule has 0 radical (unpaired) electrons. The van der Waals surface area contributed by atoms with Crippen molar-refractivity contribution in [3.05, 3.63) is 36.0 Å². The van der Waals surface area contributed by atoms with Crippen molar-refractivity contribution in [1.82, 2.24) is 25.8 Å². The Hall–Kier alpha value is -3.44. The van der Waals surface area contributed by atoms with Crippen LogP contribution in [0.5, 0.6) is 0 Å². The monoisotopic (exact) mass is 541 g/mol. The lowest BCUT2D eigenvalue weighted by Crippen LogP contribution is -2.69. The Bertz CT molecular complexity index is 1240. The first kappa shape index (κ1) is 28.6. The average molecular weight is 542 g/mol. The van der Waals surface area contributed by atoms with Crippen molar-refractivity contribution < 1.29 is 28.7 Å². The fraction of sp³-hybridized carbons (Fsp3) is 0.571. The topological polar surface area (TPSA) is 140 Å². The fourth-order valence-corrected chi connectivity index (χ4v) is 4.79. The zero-order chi connectivity index (χ0) is 28.4. The molecule has 1 aromatic carbocycles. The molecule has 3 amide bonds. The van der Waals surface area contributed by atoms with E-state index >= 15 is 0 Å². The maximum absolute atomic E-state index is 13.5. The van der Waals surface area contributed by atoms with Gasteiger partial charge in [-0.3, -0.25) is 24.3 Å². The van der Waals surface area contributed by atoms with Crippen LogP contribution in [-0.2, 0) is 30.3 Å². The molecule has 0 bridgehead atoms. The fourth-order valence-electron chi connectivity index (χ4n) is 4.79. The summed E-state index contributed by atoms with van der Waals surface area (Å²) in [7, 11) is 0. The van der Waals surface area contributed by atoms with Crippen LogP contribution in [0.2, 0.25) is 0 Å². The first-order valence-electron chi connectivity index (χ1n) is 13.4. The second kappa shape index (κ2) is 11.4. The molecule has 0 unspecified atom stereocenters. The molecule has 212 valence electrons. The predicted molar refractivity (Wildman–Crippen MR) is 145 cm³/mol. The van der Waals surface area contributed by atoms with Gasteiger partial charge in [0.25, 0.3) is 0 Å². The summed E-state index contributed by atoms with van der Waals surface area (Å²) < 4.78 is 12.4. The number of amides is 3. The molecule has 2 aliphatic rings. The Morgan fingerprint density at radius 1 is 1.10 bits per heavy atom. The summed E-state index contributed by atoms with van der Waals surface area (Å²) in [4.78, 5) is 52.6. The van der Waals surface area contributed by atoms with Gasteiger partial charge in [-0.05, 0) is 44.7 Å². The molecule has 0 aliphatic carbocycles. The number of nitrogens with zero attached hydrogens (tertiary/aromatic N) is 1. The molecule has 2 saturated heterocycles. The Balaban J connectivity index is 1.64. The molecule has 2 aliphatic heterocycles. The highest BCUT2D eigenvalue weighted by molar-refractivity contribution is 5.95. The maximum atomic E-state index is 13.5. The number of rotatable bonds is 4. The average Bonchev–Trinajstić information content (AvgIpc) is 3.19. The van der Waals surface area contributed by atoms with Gasteiger partial charge in [-0.15, -0.1) is 0 Å². The Morgan fingerprint density at radius 3 is 2.46 bits per heavy atom. The lowest BCUT2D eigenvalue weighted by molar-refractivity contribution is -0.134. The van der Waals surface area contributed by atoms with Gasteiger partial charge in [-0.2, -0.15) is 0 Å². The van der Waals surface area contributed by atoms with E-state index in [1.807, 2.05) is 32.0 Å². The zero-order valence-corrected chi connectivity index (χ0v) is 23.3. The second-order valence-corrected chi connectivity index (χ2v) is 11.9. The summed E-state index contributed by atoms with van der Waals surface area (Å²) in [5.74, 6) is -0.963. The highest BCUT2D eigenvalue weighted by atomic mass is 16.6. The van der Waals surface area contributed by atoms with Crippen molar-refractivity contribution in [2.24, 2.45) is 5.92 Å². The second-order valence-electron chi connectivity index (χ2n) is 11.9. The molecule has 4 N–H and O–H groups in total. The van der Waals surface area contributed by atoms with Crippen molar-refractivity contribution in [1.29, 1.82) is 0 Å². The van der Waals surface area contributed by atoms with Crippen LogP contribution in [0.4, 0.5) is 4.79 Å². The van der Waals surface area contributed by atoms with Gasteiger partial charge in [0.2, 0.25) is 17.7 Å². The van der Waals surface area contributed by atoms with Crippen LogP contribution < -0.4 is 21.3 Å². The predicted octanol–water partition coefficient (Wildman–Crippen LogP) is 1.47. The SMILES string of the molecule is CC(C)C[C@@H]1NC(=O)[C@H](Cc2cn(C(=O)OC(C)(C)C)c3ccccc23)NC(=O)CNC2(CNC1=O)COC2. The number of ether oxygens (including phenoxy) is 2. The third-order valence-corrected chi connectivity index (χ3v) is 6.78. The minimum Gasteiger partial charge on any atom is -0.443 e. The number of aromatic nitrogens is 1. The maximum Gasteiger partial charge on any atom is 0.419 e. The first-order chi connectivity index (χ1) is 18.4. The van der Waals surface area contributed by atoms with Gasteiger partial charge < -0.3 is 25.4 Å². The van der Waals surface area contributed by atoms with E-state index in [4.69, 9.17) is 9.47 Å². The molecular formula is C28H39N5O6. The van der Waals surface area contributed by atoms with Crippen molar-refractivity contribution in [2.45, 2.75) is 70.7 Å². The zero-order valence-electron chi connectivity index (χ0n) is 23.3. The van der Waals surface area contributed by atoms with Crippen molar-refractivity contribution in [2.75, 3.05) is 26.3 Å². The molecule has 2 aromatic rings. The summed E-state index contributed by atoms with van der Waals surface area (Å²) in [6.07, 6.45) is 1.65. The number of benzene rings is 1. The minimum absolute atomic E-state index is 0.0436. The lowest BCUT2D eigenvalue weighted by Gasteiger charge is -2.42. The van der Waals surface area contributed by atoms with E-state index in [2.05, 4.69) is 21.3 Å². The highest BCUT2D eigenvalue weighted by Crippen LogP contribution is 2.24. The van der Waals surface area contributed by atoms with Gasteiger partial charge in [-0.1, -0.05) is 32.0 Å². The lowest BCUT2D eigenvalue weighted by atomic mass is 9.96. The summed E-state index contributed by atoms with van der Waals surface area (Å²) in [5, 5.41) is 12.6. The van der Waals surface area contributed by atoms with Crippen LogP contribution in [0, 0.1) is 5.92 Å². The number of nitrogens with one attached hydrogen (secondary N) is 4. The van der Waals surface area contributed by atoms with Gasteiger partial charge >= 0.3 is 6.09 Å². The van der Waals surface area contributed by atoms with E-state index in [9.17, 15) is 19.2 Å². The highest BCUT2D eigenvalue weighted by Gasteiger charge is 2.40. The molecule has 4 rings (SSSR count). The van der Waals surface area contributed by atoms with Crippen molar-refractivity contribution >= 4 is 34.7 Å². The van der Waals surface area contributed by atoms with Gasteiger partial charge in [0.05, 0.1) is 30.8 Å². The number of hydrogen-bond donors (Lipinski definition) is 4. The molecule has 2 fully saturated rings. The van der Waals surface area contributed by atoms with Gasteiger partial charge in [-0.25, -0.2) is 4.79 Å². The third-order valence-electron chi connectivity index (χ3n) is 6.78. The number of hydrogen-bond acceptors (Lipinski definition) is 7. The number of carbonyl (C=O) groups is 4. The molecule has 2 atom stereocenters. The molecule has 0 saturated carbocycles. The smallest absolute Gasteiger partial charge is 0.419 e. The summed E-state index contributed by atoms with van der Waals surface area (Å²) >= 11 is 0. The Labute approximate surface area is 228 Å². The van der Waals surface area contributed by atoms with Gasteiger partial charge in [0.15, 0.2) is 0 Å². The van der Waals surface area contributed by atoms with Crippen LogP contribution in [0.1, 0.15) is 46.6 Å². The Morgan fingerprint density at radius 2 is 1.82 bits per heavy atom. The van der Waals surface area contributed by atoms with Crippen LogP contribution in [-0.4, -0.2) is 77.9 Å². The van der Waals surface area contributed by atoms with E-state index in [0.29, 0.717) is 30.7 Å². The summed E-state index contributed by atoms with van der Waals surface area (Å²) in [5.41, 5.74) is 0.0961. The third kappa shape index (κ3) is 6.96. The molecule has 39 heavy (non-hydrogen) atoms. The van der Waals surface area contributed by atoms with Crippen molar-refractivity contribution in [3.8, 4) is 0 Å². The molecule has 11 heteroatoms. The molecule has 3 heterocycles. The van der Waals surface area contributed by atoms with Crippen LogP contribution in [0.15, 0.2) is 30.5 Å². The number of carbonyl (C=O) groups excluding carboxylic acids is 4. The summed E-state index contributed by atoms with van der Waals surface area (Å²) in [6, 6.07) is 5.58. The van der Waals surface area contributed by atoms with E-state index in [1.54, 1.807) is 33.0 Å². The molecule has 11 nitrogen and oxygen atoms in total. The number of para-hydroxylation sites is 1. The van der Waals surface area contributed by atoms with Crippen molar-refractivity contribution in [3.63, 3.8) is 0 Å². The molecule has 1 aromatic heterocycles. The normalized spacial score (nSPS) is 22.4. The molecule has 1 spiro atoms.